The largest absolute Gasteiger partial charge is 0.377 e. The minimum absolute atomic E-state index is 0.399. The van der Waals surface area contributed by atoms with Crippen molar-refractivity contribution in [2.45, 2.75) is 31.5 Å². The summed E-state index contributed by atoms with van der Waals surface area (Å²) in [5.41, 5.74) is 0. The Labute approximate surface area is 91.7 Å². The molecular formula is C11H22N2O2. The lowest BCUT2D eigenvalue weighted by molar-refractivity contribution is 0.0231. The van der Waals surface area contributed by atoms with Gasteiger partial charge < -0.3 is 20.1 Å². The van der Waals surface area contributed by atoms with Gasteiger partial charge in [-0.3, -0.25) is 0 Å². The van der Waals surface area contributed by atoms with E-state index in [2.05, 4.69) is 10.6 Å². The second-order valence-electron chi connectivity index (χ2n) is 4.32. The second-order valence-corrected chi connectivity index (χ2v) is 4.32. The number of nitrogens with one attached hydrogen (secondary N) is 2. The maximum Gasteiger partial charge on any atom is 0.0712 e. The molecule has 2 aliphatic rings. The molecule has 0 aromatic rings. The summed E-state index contributed by atoms with van der Waals surface area (Å²) in [5.74, 6) is 0. The fraction of sp³-hybridized carbons (Fsp3) is 1.00. The van der Waals surface area contributed by atoms with E-state index in [9.17, 15) is 0 Å². The maximum absolute atomic E-state index is 5.62. The first-order valence-corrected chi connectivity index (χ1v) is 6.10. The first kappa shape index (κ1) is 11.3. The van der Waals surface area contributed by atoms with Crippen LogP contribution in [-0.4, -0.2) is 51.6 Å². The van der Waals surface area contributed by atoms with Crippen LogP contribution in [0.15, 0.2) is 0 Å². The number of hydrogen-bond donors (Lipinski definition) is 2. The average molecular weight is 214 g/mol. The molecule has 0 aliphatic carbocycles. The van der Waals surface area contributed by atoms with Gasteiger partial charge >= 0.3 is 0 Å². The second kappa shape index (κ2) is 6.43. The molecule has 2 aliphatic heterocycles. The Morgan fingerprint density at radius 1 is 1.20 bits per heavy atom. The van der Waals surface area contributed by atoms with E-state index in [0.29, 0.717) is 12.2 Å². The SMILES string of the molecule is C1COC(CNCCC2CNCCO2)C1. The minimum atomic E-state index is 0.399. The van der Waals surface area contributed by atoms with Crippen LogP contribution in [0, 0.1) is 0 Å². The minimum Gasteiger partial charge on any atom is -0.377 e. The van der Waals surface area contributed by atoms with Gasteiger partial charge in [0, 0.05) is 26.2 Å². The van der Waals surface area contributed by atoms with E-state index < -0.39 is 0 Å². The van der Waals surface area contributed by atoms with E-state index in [1.807, 2.05) is 0 Å². The fourth-order valence-electron chi connectivity index (χ4n) is 2.14. The summed E-state index contributed by atoms with van der Waals surface area (Å²) in [7, 11) is 0. The summed E-state index contributed by atoms with van der Waals surface area (Å²) >= 11 is 0. The van der Waals surface area contributed by atoms with Crippen LogP contribution in [0.5, 0.6) is 0 Å². The molecule has 0 spiro atoms. The number of ether oxygens (including phenoxy) is 2. The van der Waals surface area contributed by atoms with Gasteiger partial charge in [-0.05, 0) is 25.8 Å². The molecule has 4 heteroatoms. The summed E-state index contributed by atoms with van der Waals surface area (Å²) < 4.78 is 11.2. The first-order valence-electron chi connectivity index (χ1n) is 6.10. The van der Waals surface area contributed by atoms with Crippen LogP contribution in [0.25, 0.3) is 0 Å². The molecule has 0 radical (unpaired) electrons. The predicted molar refractivity (Wildman–Crippen MR) is 59.1 cm³/mol. The number of morpholine rings is 1. The van der Waals surface area contributed by atoms with Crippen LogP contribution in [0.3, 0.4) is 0 Å². The number of hydrogen-bond acceptors (Lipinski definition) is 4. The molecule has 88 valence electrons. The molecule has 0 bridgehead atoms. The van der Waals surface area contributed by atoms with E-state index >= 15 is 0 Å². The van der Waals surface area contributed by atoms with Crippen molar-refractivity contribution in [2.75, 3.05) is 39.4 Å². The van der Waals surface area contributed by atoms with Crippen molar-refractivity contribution in [3.8, 4) is 0 Å². The van der Waals surface area contributed by atoms with Crippen molar-refractivity contribution in [3.05, 3.63) is 0 Å². The van der Waals surface area contributed by atoms with Gasteiger partial charge in [-0.25, -0.2) is 0 Å². The van der Waals surface area contributed by atoms with E-state index in [1.165, 1.54) is 12.8 Å². The molecule has 2 saturated heterocycles. The average Bonchev–Trinajstić information content (AvgIpc) is 2.79. The molecule has 2 unspecified atom stereocenters. The third-order valence-electron chi connectivity index (χ3n) is 3.04. The highest BCUT2D eigenvalue weighted by Gasteiger charge is 2.15. The zero-order valence-corrected chi connectivity index (χ0v) is 9.34. The van der Waals surface area contributed by atoms with Crippen molar-refractivity contribution in [2.24, 2.45) is 0 Å². The number of rotatable bonds is 5. The molecule has 0 amide bonds. The summed E-state index contributed by atoms with van der Waals surface area (Å²) in [4.78, 5) is 0. The summed E-state index contributed by atoms with van der Waals surface area (Å²) in [5, 5.41) is 6.78. The first-order chi connectivity index (χ1) is 7.45. The Bertz CT molecular complexity index is 166. The Kier molecular flexibility index (Phi) is 4.86. The zero-order valence-electron chi connectivity index (χ0n) is 9.34. The van der Waals surface area contributed by atoms with Gasteiger partial charge in [-0.15, -0.1) is 0 Å². The molecule has 2 heterocycles. The van der Waals surface area contributed by atoms with Crippen LogP contribution < -0.4 is 10.6 Å². The third kappa shape index (κ3) is 4.07. The quantitative estimate of drug-likeness (QED) is 0.639. The molecule has 2 atom stereocenters. The molecule has 0 aromatic heterocycles. The molecule has 2 fully saturated rings. The van der Waals surface area contributed by atoms with Crippen molar-refractivity contribution in [3.63, 3.8) is 0 Å². The van der Waals surface area contributed by atoms with E-state index in [-0.39, 0.29) is 0 Å². The van der Waals surface area contributed by atoms with E-state index in [4.69, 9.17) is 9.47 Å². The lowest BCUT2D eigenvalue weighted by Gasteiger charge is -2.23. The Morgan fingerprint density at radius 2 is 2.13 bits per heavy atom. The highest BCUT2D eigenvalue weighted by Crippen LogP contribution is 2.10. The molecule has 15 heavy (non-hydrogen) atoms. The third-order valence-corrected chi connectivity index (χ3v) is 3.04. The van der Waals surface area contributed by atoms with E-state index in [0.717, 1.165) is 45.8 Å². The molecule has 2 rings (SSSR count). The Balaban J connectivity index is 1.47. The van der Waals surface area contributed by atoms with Gasteiger partial charge in [-0.1, -0.05) is 0 Å². The van der Waals surface area contributed by atoms with E-state index in [1.54, 1.807) is 0 Å². The van der Waals surface area contributed by atoms with Crippen LogP contribution in [0.2, 0.25) is 0 Å². The van der Waals surface area contributed by atoms with Crippen LogP contribution in [0.1, 0.15) is 19.3 Å². The highest BCUT2D eigenvalue weighted by atomic mass is 16.5. The van der Waals surface area contributed by atoms with Crippen molar-refractivity contribution in [1.29, 1.82) is 0 Å². The van der Waals surface area contributed by atoms with Gasteiger partial charge in [0.1, 0.15) is 0 Å². The van der Waals surface area contributed by atoms with Crippen molar-refractivity contribution >= 4 is 0 Å². The van der Waals surface area contributed by atoms with Gasteiger partial charge in [0.25, 0.3) is 0 Å². The maximum atomic E-state index is 5.62. The van der Waals surface area contributed by atoms with Crippen LogP contribution in [0.4, 0.5) is 0 Å². The molecule has 0 saturated carbocycles. The van der Waals surface area contributed by atoms with Crippen LogP contribution >= 0.6 is 0 Å². The Hall–Kier alpha value is -0.160. The van der Waals surface area contributed by atoms with Crippen molar-refractivity contribution in [1.82, 2.24) is 10.6 Å². The normalized spacial score (nSPS) is 32.0. The molecular weight excluding hydrogens is 192 g/mol. The van der Waals surface area contributed by atoms with Gasteiger partial charge in [0.2, 0.25) is 0 Å². The monoisotopic (exact) mass is 214 g/mol. The highest BCUT2D eigenvalue weighted by molar-refractivity contribution is 4.70. The van der Waals surface area contributed by atoms with Gasteiger partial charge in [0.15, 0.2) is 0 Å². The van der Waals surface area contributed by atoms with Gasteiger partial charge in [0.05, 0.1) is 18.8 Å². The molecule has 0 aromatic carbocycles. The van der Waals surface area contributed by atoms with Crippen molar-refractivity contribution < 1.29 is 9.47 Å². The molecule has 2 N–H and O–H groups in total. The molecule has 4 nitrogen and oxygen atoms in total. The van der Waals surface area contributed by atoms with Gasteiger partial charge in [-0.2, -0.15) is 0 Å². The zero-order chi connectivity index (χ0) is 10.3. The topological polar surface area (TPSA) is 42.5 Å². The standard InChI is InChI=1S/C11H22N2O2/c1-2-10(14-6-1)8-12-4-3-11-9-13-5-7-15-11/h10-13H,1-9H2. The Morgan fingerprint density at radius 3 is 2.87 bits per heavy atom. The summed E-state index contributed by atoms with van der Waals surface area (Å²) in [6.07, 6.45) is 4.39. The fourth-order valence-corrected chi connectivity index (χ4v) is 2.14. The lowest BCUT2D eigenvalue weighted by atomic mass is 10.2. The summed E-state index contributed by atoms with van der Waals surface area (Å²) in [6, 6.07) is 0. The smallest absolute Gasteiger partial charge is 0.0712 e. The lowest BCUT2D eigenvalue weighted by Crippen LogP contribution is -2.40. The summed E-state index contributed by atoms with van der Waals surface area (Å²) in [6.45, 7) is 5.84. The predicted octanol–water partition coefficient (Wildman–Crippen LogP) is 0.134. The van der Waals surface area contributed by atoms with Crippen LogP contribution in [-0.2, 0) is 9.47 Å².